The second kappa shape index (κ2) is 9.52. The maximum Gasteiger partial charge on any atom is 0.331 e. The predicted octanol–water partition coefficient (Wildman–Crippen LogP) is 3.11. The highest BCUT2D eigenvalue weighted by Crippen LogP contribution is 2.70. The Morgan fingerprint density at radius 3 is 2.50 bits per heavy atom. The van der Waals surface area contributed by atoms with Gasteiger partial charge in [0.1, 0.15) is 24.9 Å². The molecule has 4 saturated carbocycles. The summed E-state index contributed by atoms with van der Waals surface area (Å²) in [6.07, 6.45) is 6.45. The van der Waals surface area contributed by atoms with Gasteiger partial charge >= 0.3 is 5.97 Å². The third kappa shape index (κ3) is 3.88. The van der Waals surface area contributed by atoms with Gasteiger partial charge in [0, 0.05) is 18.6 Å². The zero-order valence-electron chi connectivity index (χ0n) is 23.3. The number of aliphatic hydroxyl groups excluding tert-OH is 2. The Morgan fingerprint density at radius 1 is 1.00 bits per heavy atom. The van der Waals surface area contributed by atoms with Crippen molar-refractivity contribution in [3.8, 4) is 0 Å². The monoisotopic (exact) mass is 534 g/mol. The van der Waals surface area contributed by atoms with Crippen LogP contribution in [0.25, 0.3) is 0 Å². The third-order valence-electron chi connectivity index (χ3n) is 12.3. The van der Waals surface area contributed by atoms with Crippen LogP contribution in [0.2, 0.25) is 0 Å². The fraction of sp³-hybridized carbons (Fsp3) is 0.900. The summed E-state index contributed by atoms with van der Waals surface area (Å²) < 4.78 is 22.8. The lowest BCUT2D eigenvalue weighted by Gasteiger charge is -2.64. The SMILES string of the molecule is CO[C@@H]1[C@H](O)[C@H](O[C@@H]2CC[C@@]3(C)[C@H](CC[C@@H]4[C@@H]3CC[C@]3(C)[C@@H](C5=CC(=O)OC5)CC[C@@]43O)C2)O[C@@H](C)[C@@H]1O. The first kappa shape index (κ1) is 27.2. The molecule has 13 atom stereocenters. The molecule has 0 radical (unpaired) electrons. The highest BCUT2D eigenvalue weighted by Gasteiger charge is 2.67. The van der Waals surface area contributed by atoms with Crippen molar-refractivity contribution >= 4 is 5.97 Å². The fourth-order valence-electron chi connectivity index (χ4n) is 10.1. The van der Waals surface area contributed by atoms with E-state index in [1.165, 1.54) is 7.11 Å². The minimum absolute atomic E-state index is 0.0103. The summed E-state index contributed by atoms with van der Waals surface area (Å²) in [4.78, 5) is 11.8. The van der Waals surface area contributed by atoms with Gasteiger partial charge in [-0.1, -0.05) is 13.8 Å². The number of methoxy groups -OCH3 is 1. The normalized spacial score (nSPS) is 54.5. The van der Waals surface area contributed by atoms with Gasteiger partial charge in [0.05, 0.1) is 17.8 Å². The summed E-state index contributed by atoms with van der Waals surface area (Å²) in [7, 11) is 1.49. The van der Waals surface area contributed by atoms with E-state index in [2.05, 4.69) is 13.8 Å². The van der Waals surface area contributed by atoms with Crippen LogP contribution in [-0.4, -0.2) is 77.4 Å². The molecule has 0 spiro atoms. The number of carbonyl (C=O) groups excluding carboxylic acids is 1. The van der Waals surface area contributed by atoms with Gasteiger partial charge in [-0.25, -0.2) is 4.79 Å². The molecule has 8 heteroatoms. The molecule has 6 rings (SSSR count). The topological polar surface area (TPSA) is 115 Å². The molecule has 1 saturated heterocycles. The maximum atomic E-state index is 12.4. The van der Waals surface area contributed by atoms with Crippen molar-refractivity contribution < 1.29 is 39.1 Å². The van der Waals surface area contributed by atoms with Crippen molar-refractivity contribution in [2.75, 3.05) is 13.7 Å². The summed E-state index contributed by atoms with van der Waals surface area (Å²) in [6, 6.07) is 0. The average molecular weight is 535 g/mol. The smallest absolute Gasteiger partial charge is 0.331 e. The number of aliphatic hydroxyl groups is 3. The number of esters is 1. The molecule has 5 fully saturated rings. The van der Waals surface area contributed by atoms with Crippen molar-refractivity contribution in [2.45, 2.75) is 121 Å². The molecule has 2 heterocycles. The van der Waals surface area contributed by atoms with Gasteiger partial charge in [0.2, 0.25) is 0 Å². The zero-order valence-corrected chi connectivity index (χ0v) is 23.3. The third-order valence-corrected chi connectivity index (χ3v) is 12.3. The van der Waals surface area contributed by atoms with Crippen LogP contribution in [0.15, 0.2) is 11.6 Å². The molecule has 214 valence electrons. The van der Waals surface area contributed by atoms with Gasteiger partial charge in [-0.2, -0.15) is 0 Å². The Labute approximate surface area is 226 Å². The first-order valence-corrected chi connectivity index (χ1v) is 14.8. The molecule has 0 aromatic rings. The number of hydrogen-bond donors (Lipinski definition) is 3. The van der Waals surface area contributed by atoms with E-state index in [0.29, 0.717) is 18.4 Å². The largest absolute Gasteiger partial charge is 0.458 e. The van der Waals surface area contributed by atoms with E-state index >= 15 is 0 Å². The zero-order chi connectivity index (χ0) is 27.0. The van der Waals surface area contributed by atoms with Crippen molar-refractivity contribution in [3.63, 3.8) is 0 Å². The molecule has 0 unspecified atom stereocenters. The first-order valence-electron chi connectivity index (χ1n) is 14.8. The van der Waals surface area contributed by atoms with Crippen LogP contribution < -0.4 is 0 Å². The van der Waals surface area contributed by atoms with Crippen LogP contribution in [0.4, 0.5) is 0 Å². The van der Waals surface area contributed by atoms with Crippen LogP contribution in [0.5, 0.6) is 0 Å². The molecule has 2 aliphatic heterocycles. The lowest BCUT2D eigenvalue weighted by molar-refractivity contribution is -0.313. The number of fused-ring (bicyclic) bond motifs is 5. The van der Waals surface area contributed by atoms with Crippen LogP contribution in [0.3, 0.4) is 0 Å². The summed E-state index contributed by atoms with van der Waals surface area (Å²) >= 11 is 0. The highest BCUT2D eigenvalue weighted by atomic mass is 16.7. The molecule has 8 nitrogen and oxygen atoms in total. The molecular weight excluding hydrogens is 488 g/mol. The van der Waals surface area contributed by atoms with Gasteiger partial charge in [-0.15, -0.1) is 0 Å². The maximum absolute atomic E-state index is 12.4. The number of ether oxygens (including phenoxy) is 4. The van der Waals surface area contributed by atoms with E-state index in [4.69, 9.17) is 18.9 Å². The van der Waals surface area contributed by atoms with Gasteiger partial charge in [-0.05, 0) is 99.4 Å². The fourth-order valence-corrected chi connectivity index (χ4v) is 10.1. The standard InChI is InChI=1S/C30H46O8/c1-16-24(32)26(35-4)25(33)27(37-16)38-19-7-10-28(2)18(14-19)5-6-22-21(28)8-11-29(3)20(9-12-30(22,29)34)17-13-23(31)36-15-17/h13,16,18-22,24-27,32-34H,5-12,14-15H2,1-4H3/t16-,18+,19+,20+,21-,22+,24-,25-,26-,27-,28-,29+,30+/m0/s1. The lowest BCUT2D eigenvalue weighted by Crippen LogP contribution is -2.62. The van der Waals surface area contributed by atoms with Gasteiger partial charge in [0.15, 0.2) is 6.29 Å². The lowest BCUT2D eigenvalue weighted by atomic mass is 9.43. The van der Waals surface area contributed by atoms with Crippen LogP contribution >= 0.6 is 0 Å². The molecule has 0 bridgehead atoms. The highest BCUT2D eigenvalue weighted by molar-refractivity contribution is 5.85. The summed E-state index contributed by atoms with van der Waals surface area (Å²) in [6.45, 7) is 6.87. The van der Waals surface area contributed by atoms with E-state index in [0.717, 1.165) is 63.4 Å². The van der Waals surface area contributed by atoms with Crippen molar-refractivity contribution in [1.29, 1.82) is 0 Å². The minimum Gasteiger partial charge on any atom is -0.458 e. The van der Waals surface area contributed by atoms with E-state index < -0.39 is 36.3 Å². The van der Waals surface area contributed by atoms with Gasteiger partial charge < -0.3 is 34.3 Å². The second-order valence-electron chi connectivity index (χ2n) is 13.7. The molecule has 6 aliphatic rings. The summed E-state index contributed by atoms with van der Waals surface area (Å²) in [5.74, 6) is 1.22. The van der Waals surface area contributed by atoms with Crippen molar-refractivity contribution in [1.82, 2.24) is 0 Å². The van der Waals surface area contributed by atoms with Crippen molar-refractivity contribution in [3.05, 3.63) is 11.6 Å². The second-order valence-corrected chi connectivity index (χ2v) is 13.7. The Morgan fingerprint density at radius 2 is 1.79 bits per heavy atom. The van der Waals surface area contributed by atoms with Gasteiger partial charge in [0.25, 0.3) is 0 Å². The molecule has 0 amide bonds. The minimum atomic E-state index is -1.04. The molecule has 38 heavy (non-hydrogen) atoms. The van der Waals surface area contributed by atoms with E-state index in [1.54, 1.807) is 13.0 Å². The number of cyclic esters (lactones) is 1. The first-order chi connectivity index (χ1) is 18.0. The van der Waals surface area contributed by atoms with Crippen LogP contribution in [-0.2, 0) is 23.7 Å². The quantitative estimate of drug-likeness (QED) is 0.372. The Balaban J connectivity index is 1.16. The van der Waals surface area contributed by atoms with Gasteiger partial charge in [-0.3, -0.25) is 0 Å². The van der Waals surface area contributed by atoms with E-state index in [-0.39, 0.29) is 34.7 Å². The number of hydrogen-bond acceptors (Lipinski definition) is 8. The predicted molar refractivity (Wildman–Crippen MR) is 138 cm³/mol. The molecule has 0 aromatic heterocycles. The van der Waals surface area contributed by atoms with Crippen LogP contribution in [0.1, 0.15) is 78.6 Å². The Hall–Kier alpha value is -1.03. The number of rotatable bonds is 4. The Bertz CT molecular complexity index is 968. The average Bonchev–Trinajstić information content (AvgIpc) is 3.43. The molecule has 3 N–H and O–H groups in total. The van der Waals surface area contributed by atoms with E-state index in [9.17, 15) is 20.1 Å². The van der Waals surface area contributed by atoms with E-state index in [1.807, 2.05) is 0 Å². The molecular formula is C30H46O8. The Kier molecular flexibility index (Phi) is 6.80. The summed E-state index contributed by atoms with van der Waals surface area (Å²) in [5, 5.41) is 33.5. The molecule has 0 aromatic carbocycles. The van der Waals surface area contributed by atoms with Crippen LogP contribution in [0, 0.1) is 34.5 Å². The number of carbonyl (C=O) groups is 1. The summed E-state index contributed by atoms with van der Waals surface area (Å²) in [5.41, 5.74) is 0.300. The molecule has 4 aliphatic carbocycles. The van der Waals surface area contributed by atoms with Crippen molar-refractivity contribution in [2.24, 2.45) is 34.5 Å².